The van der Waals surface area contributed by atoms with Crippen LogP contribution in [0.15, 0.2) is 131 Å². The van der Waals surface area contributed by atoms with E-state index >= 15 is 0 Å². The average Bonchev–Trinajstić information content (AvgIpc) is 3.73. The predicted molar refractivity (Wildman–Crippen MR) is 227 cm³/mol. The van der Waals surface area contributed by atoms with Gasteiger partial charge in [-0.25, -0.2) is 4.99 Å². The molecule has 1 fully saturated rings. The number of hydrogen-bond acceptors (Lipinski definition) is 8. The Labute approximate surface area is 343 Å². The fourth-order valence-electron chi connectivity index (χ4n) is 7.41. The molecule has 0 radical (unpaired) electrons. The van der Waals surface area contributed by atoms with E-state index in [1.165, 1.54) is 0 Å². The minimum Gasteiger partial charge on any atom is -0.496 e. The highest BCUT2D eigenvalue weighted by molar-refractivity contribution is 8.93. The van der Waals surface area contributed by atoms with Gasteiger partial charge < -0.3 is 34.3 Å². The summed E-state index contributed by atoms with van der Waals surface area (Å²) in [4.78, 5) is 23.4. The number of aromatic nitrogens is 1. The summed E-state index contributed by atoms with van der Waals surface area (Å²) in [7, 11) is 1.67. The van der Waals surface area contributed by atoms with Gasteiger partial charge in [-0.3, -0.25) is 9.69 Å². The normalized spacial score (nSPS) is 14.8. The Morgan fingerprint density at radius 3 is 2.33 bits per heavy atom. The molecule has 2 aliphatic rings. The molecule has 12 heteroatoms. The number of nitrogens with zero attached hydrogens (tertiary/aromatic N) is 4. The standard InChI is InChI=1S/C45H46N6O5.BrH/c1-53-40-19-17-34-12-8-9-15-37(34)42(40)38-29-36(56-49-38)31-48-45(46-21-20-32-16-18-39-41(28-32)55-27-26-54-39)51-24-22-50(23-25-51)43(35-13-6-3-7-14-35)44(52)47-30-33-10-4-2-5-11-33;/h2-19,28-29,43H,20-27,30-31H2,1H3,(H,46,48)(H,47,52);1H. The van der Waals surface area contributed by atoms with Crippen molar-refractivity contribution in [2.24, 2.45) is 4.99 Å². The van der Waals surface area contributed by atoms with Gasteiger partial charge in [0.1, 0.15) is 37.2 Å². The van der Waals surface area contributed by atoms with Crippen LogP contribution in [0, 0.1) is 0 Å². The molecule has 2 N–H and O–H groups in total. The van der Waals surface area contributed by atoms with Gasteiger partial charge in [-0.1, -0.05) is 102 Å². The van der Waals surface area contributed by atoms with E-state index in [4.69, 9.17) is 23.7 Å². The first-order chi connectivity index (χ1) is 27.6. The number of carbonyl (C=O) groups is 1. The maximum atomic E-state index is 13.8. The van der Waals surface area contributed by atoms with E-state index in [9.17, 15) is 4.79 Å². The van der Waals surface area contributed by atoms with Crippen LogP contribution in [0.4, 0.5) is 0 Å². The molecule has 1 unspecified atom stereocenters. The number of amides is 1. The number of piperazine rings is 1. The first-order valence-electron chi connectivity index (χ1n) is 19.2. The second-order valence-corrected chi connectivity index (χ2v) is 13.9. The molecule has 57 heavy (non-hydrogen) atoms. The number of halogens is 1. The van der Waals surface area contributed by atoms with E-state index < -0.39 is 6.04 Å². The fourth-order valence-corrected chi connectivity index (χ4v) is 7.41. The van der Waals surface area contributed by atoms with E-state index in [-0.39, 0.29) is 22.9 Å². The number of hydrogen-bond donors (Lipinski definition) is 2. The SMILES string of the molecule is Br.COc1ccc2ccccc2c1-c1cc(CN=C(NCCc2ccc3c(c2)OCCO3)N2CCN(C(C(=O)NCc3ccccc3)c3ccccc3)CC2)on1. The van der Waals surface area contributed by atoms with Crippen LogP contribution in [0.3, 0.4) is 0 Å². The van der Waals surface area contributed by atoms with Crippen LogP contribution in [-0.2, 0) is 24.3 Å². The summed E-state index contributed by atoms with van der Waals surface area (Å²) in [6.07, 6.45) is 0.765. The van der Waals surface area contributed by atoms with Gasteiger partial charge in [0.05, 0.1) is 12.7 Å². The number of aliphatic imine (C=N–C) groups is 1. The van der Waals surface area contributed by atoms with Gasteiger partial charge in [0, 0.05) is 45.3 Å². The molecule has 294 valence electrons. The van der Waals surface area contributed by atoms with E-state index in [0.29, 0.717) is 70.5 Å². The minimum absolute atomic E-state index is 0. The molecule has 5 aromatic carbocycles. The van der Waals surface area contributed by atoms with Gasteiger partial charge >= 0.3 is 0 Å². The highest BCUT2D eigenvalue weighted by Gasteiger charge is 2.31. The number of rotatable bonds is 12. The molecule has 8 rings (SSSR count). The summed E-state index contributed by atoms with van der Waals surface area (Å²) < 4.78 is 23.2. The first kappa shape index (κ1) is 39.4. The molecule has 0 aliphatic carbocycles. The van der Waals surface area contributed by atoms with Gasteiger partial charge in [-0.05, 0) is 52.1 Å². The summed E-state index contributed by atoms with van der Waals surface area (Å²) in [5, 5.41) is 13.4. The lowest BCUT2D eigenvalue weighted by molar-refractivity contribution is -0.127. The Bertz CT molecular complexity index is 2280. The smallest absolute Gasteiger partial charge is 0.242 e. The Morgan fingerprint density at radius 2 is 1.54 bits per heavy atom. The maximum Gasteiger partial charge on any atom is 0.242 e. The average molecular weight is 832 g/mol. The van der Waals surface area contributed by atoms with Crippen molar-refractivity contribution in [3.05, 3.63) is 144 Å². The third-order valence-electron chi connectivity index (χ3n) is 10.3. The Balaban J connectivity index is 0.00000496. The van der Waals surface area contributed by atoms with Crippen molar-refractivity contribution < 1.29 is 23.5 Å². The van der Waals surface area contributed by atoms with Crippen molar-refractivity contribution in [1.82, 2.24) is 25.6 Å². The molecule has 0 saturated carbocycles. The monoisotopic (exact) mass is 830 g/mol. The third kappa shape index (κ3) is 9.41. The second kappa shape index (κ2) is 18.9. The van der Waals surface area contributed by atoms with E-state index in [2.05, 4.69) is 49.9 Å². The summed E-state index contributed by atoms with van der Waals surface area (Å²) in [5.41, 5.74) is 4.77. The topological polar surface area (TPSA) is 114 Å². The number of guanidine groups is 1. The molecule has 1 atom stereocenters. The van der Waals surface area contributed by atoms with Crippen molar-refractivity contribution in [3.63, 3.8) is 0 Å². The summed E-state index contributed by atoms with van der Waals surface area (Å²) in [6, 6.07) is 39.9. The highest BCUT2D eigenvalue weighted by atomic mass is 79.9. The zero-order chi connectivity index (χ0) is 38.1. The van der Waals surface area contributed by atoms with Crippen molar-refractivity contribution in [1.29, 1.82) is 0 Å². The number of benzene rings is 5. The van der Waals surface area contributed by atoms with Crippen molar-refractivity contribution >= 4 is 39.6 Å². The Hall–Kier alpha value is -5.85. The fraction of sp³-hybridized carbons (Fsp3) is 0.267. The molecule has 2 aliphatic heterocycles. The molecule has 0 spiro atoms. The maximum absolute atomic E-state index is 13.8. The van der Waals surface area contributed by atoms with Gasteiger partial charge in [-0.15, -0.1) is 17.0 Å². The van der Waals surface area contributed by atoms with Crippen LogP contribution < -0.4 is 24.8 Å². The molecule has 1 saturated heterocycles. The number of ether oxygens (including phenoxy) is 3. The number of nitrogens with one attached hydrogen (secondary N) is 2. The van der Waals surface area contributed by atoms with Crippen molar-refractivity contribution in [3.8, 4) is 28.5 Å². The molecule has 0 bridgehead atoms. The number of fused-ring (bicyclic) bond motifs is 2. The predicted octanol–water partition coefficient (Wildman–Crippen LogP) is 7.22. The quantitative estimate of drug-likeness (QED) is 0.0976. The molecule has 11 nitrogen and oxygen atoms in total. The van der Waals surface area contributed by atoms with Crippen molar-refractivity contribution in [2.75, 3.05) is 53.0 Å². The van der Waals surface area contributed by atoms with Gasteiger partial charge in [-0.2, -0.15) is 0 Å². The van der Waals surface area contributed by atoms with Gasteiger partial charge in [0.2, 0.25) is 5.91 Å². The van der Waals surface area contributed by atoms with E-state index in [1.54, 1.807) is 7.11 Å². The van der Waals surface area contributed by atoms with Crippen LogP contribution in [0.5, 0.6) is 17.2 Å². The van der Waals surface area contributed by atoms with E-state index in [1.807, 2.05) is 97.1 Å². The van der Waals surface area contributed by atoms with Crippen molar-refractivity contribution in [2.45, 2.75) is 25.6 Å². The Morgan fingerprint density at radius 1 is 0.807 bits per heavy atom. The molecule has 6 aromatic rings. The lowest BCUT2D eigenvalue weighted by Gasteiger charge is -2.40. The largest absolute Gasteiger partial charge is 0.496 e. The first-order valence-corrected chi connectivity index (χ1v) is 19.2. The van der Waals surface area contributed by atoms with Crippen LogP contribution in [0.1, 0.15) is 28.5 Å². The zero-order valence-electron chi connectivity index (χ0n) is 31.9. The zero-order valence-corrected chi connectivity index (χ0v) is 33.6. The summed E-state index contributed by atoms with van der Waals surface area (Å²) in [5.74, 6) is 3.69. The van der Waals surface area contributed by atoms with Gasteiger partial charge in [0.25, 0.3) is 0 Å². The molecular formula is C45H47BrN6O5. The molecule has 1 amide bonds. The number of methoxy groups -OCH3 is 1. The molecule has 3 heterocycles. The van der Waals surface area contributed by atoms with Crippen LogP contribution in [0.25, 0.3) is 22.0 Å². The lowest BCUT2D eigenvalue weighted by Crippen LogP contribution is -2.55. The lowest BCUT2D eigenvalue weighted by atomic mass is 10.0. The highest BCUT2D eigenvalue weighted by Crippen LogP contribution is 2.37. The molecular weight excluding hydrogens is 784 g/mol. The van der Waals surface area contributed by atoms with Crippen LogP contribution in [0.2, 0.25) is 0 Å². The van der Waals surface area contributed by atoms with E-state index in [0.717, 1.165) is 62.7 Å². The van der Waals surface area contributed by atoms with Crippen LogP contribution >= 0.6 is 17.0 Å². The number of carbonyl (C=O) groups excluding carboxylic acids is 1. The Kier molecular flexibility index (Phi) is 13.0. The minimum atomic E-state index is -0.413. The third-order valence-corrected chi connectivity index (χ3v) is 10.3. The summed E-state index contributed by atoms with van der Waals surface area (Å²) in [6.45, 7) is 5.25. The van der Waals surface area contributed by atoms with Gasteiger partial charge in [0.15, 0.2) is 23.2 Å². The summed E-state index contributed by atoms with van der Waals surface area (Å²) >= 11 is 0. The van der Waals surface area contributed by atoms with Crippen LogP contribution in [-0.4, -0.2) is 79.9 Å². The second-order valence-electron chi connectivity index (χ2n) is 13.9. The molecule has 1 aromatic heterocycles.